The molecule has 0 radical (unpaired) electrons. The van der Waals surface area contributed by atoms with Crippen molar-refractivity contribution in [3.8, 4) is 33.1 Å². The first-order chi connectivity index (χ1) is 23.3. The summed E-state index contributed by atoms with van der Waals surface area (Å²) < 4.78 is 1.85. The molecule has 1 amide bonds. The van der Waals surface area contributed by atoms with Crippen LogP contribution >= 0.6 is 11.3 Å². The monoisotopic (exact) mass is 650 g/mol. The van der Waals surface area contributed by atoms with Crippen molar-refractivity contribution in [1.29, 1.82) is 0 Å². The van der Waals surface area contributed by atoms with E-state index < -0.39 is 11.8 Å². The molecule has 0 saturated heterocycles. The highest BCUT2D eigenvalue weighted by Crippen LogP contribution is 2.38. The minimum Gasteiger partial charge on any atom is -0.369 e. The summed E-state index contributed by atoms with van der Waals surface area (Å²) in [4.78, 5) is 30.5. The van der Waals surface area contributed by atoms with Gasteiger partial charge in [-0.1, -0.05) is 66.7 Å². The molecule has 0 fully saturated rings. The summed E-state index contributed by atoms with van der Waals surface area (Å²) in [5, 5.41) is 9.22. The van der Waals surface area contributed by atoms with Gasteiger partial charge in [0.25, 0.3) is 0 Å². The number of rotatable bonds is 10. The van der Waals surface area contributed by atoms with Crippen LogP contribution in [0, 0.1) is 6.92 Å². The van der Waals surface area contributed by atoms with Crippen LogP contribution in [-0.4, -0.2) is 49.5 Å². The van der Waals surface area contributed by atoms with Gasteiger partial charge in [-0.2, -0.15) is 5.10 Å². The Labute approximate surface area is 282 Å². The number of fused-ring (bicyclic) bond motifs is 1. The number of hydrogen-bond donors (Lipinski definition) is 2. The Kier molecular flexibility index (Phi) is 8.49. The summed E-state index contributed by atoms with van der Waals surface area (Å²) in [7, 11) is 4.10. The molecule has 238 valence electrons. The minimum absolute atomic E-state index is 0.462. The number of carbonyl (C=O) groups excluding carboxylic acids is 1. The highest BCUT2D eigenvalue weighted by Gasteiger charge is 2.27. The molecule has 0 saturated carbocycles. The maximum Gasteiger partial charge on any atom is 0.231 e. The third kappa shape index (κ3) is 6.31. The summed E-state index contributed by atoms with van der Waals surface area (Å²) in [5.74, 6) is -0.708. The molecular formula is C38H34N8OS. The second-order valence-corrected chi connectivity index (χ2v) is 13.1. The smallest absolute Gasteiger partial charge is 0.231 e. The molecule has 7 rings (SSSR count). The number of benzene rings is 3. The lowest BCUT2D eigenvalue weighted by Gasteiger charge is -2.14. The minimum atomic E-state index is -0.725. The highest BCUT2D eigenvalue weighted by atomic mass is 32.1. The lowest BCUT2D eigenvalue weighted by atomic mass is 9.91. The molecule has 10 heteroatoms. The fraction of sp³-hybridized carbons (Fsp3) is 0.132. The number of hydrogen-bond acceptors (Lipinski definition) is 8. The summed E-state index contributed by atoms with van der Waals surface area (Å²) in [5.41, 5.74) is 14.6. The van der Waals surface area contributed by atoms with E-state index in [0.29, 0.717) is 17.3 Å². The number of amides is 1. The lowest BCUT2D eigenvalue weighted by molar-refractivity contribution is -0.118. The molecule has 0 spiro atoms. The fourth-order valence-electron chi connectivity index (χ4n) is 5.96. The zero-order valence-electron chi connectivity index (χ0n) is 26.8. The van der Waals surface area contributed by atoms with Gasteiger partial charge in [0, 0.05) is 40.6 Å². The zero-order valence-corrected chi connectivity index (χ0v) is 27.6. The SMILES string of the molecule is Cc1sc(-c2ccccc2)nc1C(C(N)=O)c1cccc(-c2nn3ccccc3c2-c2ccnc(Nc3cccc(CN(C)C)c3)n2)c1. The van der Waals surface area contributed by atoms with E-state index in [9.17, 15) is 4.79 Å². The number of primary amides is 1. The van der Waals surface area contributed by atoms with Gasteiger partial charge in [-0.05, 0) is 68.5 Å². The van der Waals surface area contributed by atoms with E-state index in [1.165, 1.54) is 5.56 Å². The average molecular weight is 651 g/mol. The van der Waals surface area contributed by atoms with Crippen LogP contribution < -0.4 is 11.1 Å². The first-order valence-corrected chi connectivity index (χ1v) is 16.4. The summed E-state index contributed by atoms with van der Waals surface area (Å²) >= 11 is 1.56. The normalized spacial score (nSPS) is 12.0. The fourth-order valence-corrected chi connectivity index (χ4v) is 6.91. The topological polar surface area (TPSA) is 114 Å². The maximum atomic E-state index is 13.1. The van der Waals surface area contributed by atoms with Crippen LogP contribution in [0.5, 0.6) is 0 Å². The van der Waals surface area contributed by atoms with Crippen LogP contribution in [0.1, 0.15) is 27.6 Å². The third-order valence-corrected chi connectivity index (χ3v) is 9.07. The van der Waals surface area contributed by atoms with Gasteiger partial charge in [0.15, 0.2) is 0 Å². The Balaban J connectivity index is 1.28. The van der Waals surface area contributed by atoms with Crippen LogP contribution in [0.2, 0.25) is 0 Å². The highest BCUT2D eigenvalue weighted by molar-refractivity contribution is 7.15. The Bertz CT molecular complexity index is 2240. The maximum absolute atomic E-state index is 13.1. The number of nitrogens with zero attached hydrogens (tertiary/aromatic N) is 6. The Morgan fingerprint density at radius 3 is 2.52 bits per heavy atom. The number of pyridine rings is 1. The molecule has 0 bridgehead atoms. The Hall–Kier alpha value is -5.71. The molecule has 3 aromatic carbocycles. The molecule has 0 aliphatic carbocycles. The van der Waals surface area contributed by atoms with Gasteiger partial charge in [0.05, 0.1) is 22.5 Å². The van der Waals surface area contributed by atoms with E-state index in [1.54, 1.807) is 17.5 Å². The van der Waals surface area contributed by atoms with E-state index in [1.807, 2.05) is 123 Å². The second kappa shape index (κ2) is 13.2. The van der Waals surface area contributed by atoms with Crippen LogP contribution in [0.3, 0.4) is 0 Å². The third-order valence-electron chi connectivity index (χ3n) is 8.04. The largest absolute Gasteiger partial charge is 0.369 e. The molecule has 48 heavy (non-hydrogen) atoms. The van der Waals surface area contributed by atoms with Crippen LogP contribution in [0.15, 0.2) is 116 Å². The molecule has 1 atom stereocenters. The molecule has 9 nitrogen and oxygen atoms in total. The molecule has 0 aliphatic rings. The van der Waals surface area contributed by atoms with Crippen molar-refractivity contribution in [2.24, 2.45) is 5.73 Å². The Morgan fingerprint density at radius 2 is 1.71 bits per heavy atom. The molecule has 7 aromatic rings. The number of carbonyl (C=O) groups is 1. The van der Waals surface area contributed by atoms with Crippen LogP contribution in [0.4, 0.5) is 11.6 Å². The lowest BCUT2D eigenvalue weighted by Crippen LogP contribution is -2.23. The first-order valence-electron chi connectivity index (χ1n) is 15.6. The van der Waals surface area contributed by atoms with E-state index in [-0.39, 0.29) is 0 Å². The van der Waals surface area contributed by atoms with Gasteiger partial charge >= 0.3 is 0 Å². The number of thiazole rings is 1. The summed E-state index contributed by atoms with van der Waals surface area (Å²) in [6, 6.07) is 33.9. The average Bonchev–Trinajstić information content (AvgIpc) is 3.66. The predicted octanol–water partition coefficient (Wildman–Crippen LogP) is 7.31. The van der Waals surface area contributed by atoms with Crippen molar-refractivity contribution in [2.75, 3.05) is 19.4 Å². The second-order valence-electron chi connectivity index (χ2n) is 11.9. The van der Waals surface area contributed by atoms with Crippen molar-refractivity contribution in [2.45, 2.75) is 19.4 Å². The van der Waals surface area contributed by atoms with Gasteiger partial charge in [0.2, 0.25) is 11.9 Å². The molecule has 4 heterocycles. The van der Waals surface area contributed by atoms with Gasteiger partial charge in [-0.25, -0.2) is 19.5 Å². The first kappa shape index (κ1) is 30.9. The number of anilines is 2. The van der Waals surface area contributed by atoms with Gasteiger partial charge in [-0.15, -0.1) is 11.3 Å². The standard InChI is InChI=1S/C38H34N8OS/c1-24-34(43-37(48-24)26-12-5-4-6-13-26)32(36(39)47)27-14-10-15-28(22-27)35-33(31-17-7-8-20-46(31)44-35)30-18-19-40-38(42-30)41-29-16-9-11-25(21-29)23-45(2)3/h4-22,32H,23H2,1-3H3,(H2,39,47)(H,40,41,42). The summed E-state index contributed by atoms with van der Waals surface area (Å²) in [6.07, 6.45) is 3.66. The summed E-state index contributed by atoms with van der Waals surface area (Å²) in [6.45, 7) is 2.81. The molecule has 4 aromatic heterocycles. The number of aromatic nitrogens is 5. The van der Waals surface area contributed by atoms with Crippen molar-refractivity contribution >= 4 is 34.4 Å². The zero-order chi connectivity index (χ0) is 33.2. The Morgan fingerprint density at radius 1 is 0.917 bits per heavy atom. The van der Waals surface area contributed by atoms with E-state index in [0.717, 1.165) is 55.6 Å². The van der Waals surface area contributed by atoms with Gasteiger partial charge in [0.1, 0.15) is 16.6 Å². The quantitative estimate of drug-likeness (QED) is 0.160. The van der Waals surface area contributed by atoms with Crippen molar-refractivity contribution in [3.63, 3.8) is 0 Å². The molecule has 1 unspecified atom stereocenters. The van der Waals surface area contributed by atoms with E-state index in [2.05, 4.69) is 27.3 Å². The predicted molar refractivity (Wildman–Crippen MR) is 192 cm³/mol. The molecule has 3 N–H and O–H groups in total. The van der Waals surface area contributed by atoms with Gasteiger partial charge < -0.3 is 16.0 Å². The number of nitrogens with one attached hydrogen (secondary N) is 1. The molecular weight excluding hydrogens is 617 g/mol. The van der Waals surface area contributed by atoms with E-state index in [4.69, 9.17) is 20.8 Å². The molecule has 0 aliphatic heterocycles. The van der Waals surface area contributed by atoms with Gasteiger partial charge in [-0.3, -0.25) is 4.79 Å². The van der Waals surface area contributed by atoms with Crippen molar-refractivity contribution in [1.82, 2.24) is 29.5 Å². The van der Waals surface area contributed by atoms with Crippen LogP contribution in [0.25, 0.3) is 38.6 Å². The van der Waals surface area contributed by atoms with Crippen LogP contribution in [-0.2, 0) is 11.3 Å². The number of nitrogens with two attached hydrogens (primary N) is 1. The van der Waals surface area contributed by atoms with E-state index >= 15 is 0 Å². The van der Waals surface area contributed by atoms with Crippen molar-refractivity contribution < 1.29 is 4.79 Å². The van der Waals surface area contributed by atoms with Crippen molar-refractivity contribution in [3.05, 3.63) is 137 Å². The number of aryl methyl sites for hydroxylation is 1.